The minimum absolute atomic E-state index is 0.0702. The normalized spacial score (nSPS) is 17.9. The van der Waals surface area contributed by atoms with E-state index < -0.39 is 35.1 Å². The summed E-state index contributed by atoms with van der Waals surface area (Å²) in [6.45, 7) is 11.5. The summed E-state index contributed by atoms with van der Waals surface area (Å²) in [7, 11) is 1.68. The summed E-state index contributed by atoms with van der Waals surface area (Å²) in [6.07, 6.45) is 1.33. The maximum absolute atomic E-state index is 15.3. The van der Waals surface area contributed by atoms with Crippen molar-refractivity contribution in [2.45, 2.75) is 84.1 Å². The molecule has 0 spiro atoms. The Hall–Kier alpha value is -3.24. The van der Waals surface area contributed by atoms with Crippen LogP contribution in [0.1, 0.15) is 71.2 Å². The Balaban J connectivity index is 1.73. The van der Waals surface area contributed by atoms with E-state index >= 15 is 4.39 Å². The number of ether oxygens (including phenoxy) is 2. The van der Waals surface area contributed by atoms with Crippen LogP contribution < -0.4 is 21.1 Å². The lowest BCUT2D eigenvalue weighted by atomic mass is 10.1. The van der Waals surface area contributed by atoms with Crippen LogP contribution in [0.3, 0.4) is 0 Å². The Bertz CT molecular complexity index is 1000. The highest BCUT2D eigenvalue weighted by Gasteiger charge is 2.33. The molecule has 3 amide bonds. The Labute approximate surface area is 211 Å². The van der Waals surface area contributed by atoms with Crippen LogP contribution in [0.4, 0.5) is 25.4 Å². The molecule has 0 aromatic heterocycles. The Kier molecular flexibility index (Phi) is 7.90. The highest BCUT2D eigenvalue weighted by atomic mass is 19.1. The SMILES string of the molecule is CN(C(=O)OC(C)(C)C)C1CCN(c2cc(NC3CC3)c(C(=O)NNC(=O)OC(C)(C)C)cc2F)C1. The monoisotopic (exact) mass is 507 g/mol. The van der Waals surface area contributed by atoms with Crippen molar-refractivity contribution in [3.05, 3.63) is 23.5 Å². The molecule has 200 valence electrons. The molecule has 2 aliphatic rings. The van der Waals surface area contributed by atoms with Gasteiger partial charge in [0.05, 0.1) is 17.3 Å². The van der Waals surface area contributed by atoms with Crippen molar-refractivity contribution in [2.24, 2.45) is 0 Å². The van der Waals surface area contributed by atoms with Crippen molar-refractivity contribution in [1.82, 2.24) is 15.8 Å². The summed E-state index contributed by atoms with van der Waals surface area (Å²) in [4.78, 5) is 40.6. The third kappa shape index (κ3) is 7.63. The van der Waals surface area contributed by atoms with Gasteiger partial charge in [0, 0.05) is 31.9 Å². The van der Waals surface area contributed by atoms with Crippen LogP contribution in [0.2, 0.25) is 0 Å². The van der Waals surface area contributed by atoms with Gasteiger partial charge >= 0.3 is 12.2 Å². The van der Waals surface area contributed by atoms with Gasteiger partial charge in [0.2, 0.25) is 0 Å². The second-order valence-corrected chi connectivity index (χ2v) is 11.3. The van der Waals surface area contributed by atoms with E-state index in [4.69, 9.17) is 9.47 Å². The summed E-state index contributed by atoms with van der Waals surface area (Å²) in [5, 5.41) is 3.28. The van der Waals surface area contributed by atoms with E-state index in [0.717, 1.165) is 18.9 Å². The highest BCUT2D eigenvalue weighted by Crippen LogP contribution is 2.34. The number of nitrogens with one attached hydrogen (secondary N) is 3. The molecule has 1 aromatic carbocycles. The molecule has 1 heterocycles. The number of hydrogen-bond donors (Lipinski definition) is 3. The lowest BCUT2D eigenvalue weighted by Gasteiger charge is -2.29. The summed E-state index contributed by atoms with van der Waals surface area (Å²) < 4.78 is 25.8. The van der Waals surface area contributed by atoms with E-state index in [1.54, 1.807) is 38.8 Å². The van der Waals surface area contributed by atoms with Crippen LogP contribution in [0.5, 0.6) is 0 Å². The van der Waals surface area contributed by atoms with Gasteiger partial charge in [-0.2, -0.15) is 0 Å². The Morgan fingerprint density at radius 2 is 1.64 bits per heavy atom. The predicted molar refractivity (Wildman–Crippen MR) is 134 cm³/mol. The topological polar surface area (TPSA) is 112 Å². The van der Waals surface area contributed by atoms with Gasteiger partial charge in [-0.15, -0.1) is 0 Å². The van der Waals surface area contributed by atoms with E-state index in [0.29, 0.717) is 30.9 Å². The largest absolute Gasteiger partial charge is 0.444 e. The Morgan fingerprint density at radius 3 is 2.22 bits per heavy atom. The fraction of sp³-hybridized carbons (Fsp3) is 0.640. The highest BCUT2D eigenvalue weighted by molar-refractivity contribution is 6.01. The van der Waals surface area contributed by atoms with E-state index in [1.165, 1.54) is 0 Å². The molecule has 1 aliphatic carbocycles. The number of anilines is 2. The number of hydrazine groups is 1. The number of hydrogen-bond acceptors (Lipinski definition) is 7. The number of benzene rings is 1. The number of rotatable bonds is 5. The third-order valence-corrected chi connectivity index (χ3v) is 5.68. The van der Waals surface area contributed by atoms with Crippen LogP contribution in [-0.4, -0.2) is 66.4 Å². The van der Waals surface area contributed by atoms with E-state index in [1.807, 2.05) is 25.7 Å². The molecule has 0 radical (unpaired) electrons. The fourth-order valence-electron chi connectivity index (χ4n) is 3.80. The zero-order valence-electron chi connectivity index (χ0n) is 22.2. The summed E-state index contributed by atoms with van der Waals surface area (Å²) in [5.74, 6) is -1.24. The summed E-state index contributed by atoms with van der Waals surface area (Å²) >= 11 is 0. The number of carbonyl (C=O) groups is 3. The minimum Gasteiger partial charge on any atom is -0.444 e. The van der Waals surface area contributed by atoms with E-state index in [2.05, 4.69) is 16.2 Å². The van der Waals surface area contributed by atoms with Crippen LogP contribution >= 0.6 is 0 Å². The van der Waals surface area contributed by atoms with Crippen molar-refractivity contribution in [3.8, 4) is 0 Å². The molecule has 1 saturated carbocycles. The molecule has 2 fully saturated rings. The molecule has 0 bridgehead atoms. The van der Waals surface area contributed by atoms with Crippen molar-refractivity contribution in [3.63, 3.8) is 0 Å². The molecule has 36 heavy (non-hydrogen) atoms. The number of carbonyl (C=O) groups excluding carboxylic acids is 3. The smallest absolute Gasteiger partial charge is 0.426 e. The van der Waals surface area contributed by atoms with Crippen LogP contribution in [0.25, 0.3) is 0 Å². The van der Waals surface area contributed by atoms with Gasteiger partial charge in [0.15, 0.2) is 0 Å². The van der Waals surface area contributed by atoms with Crippen molar-refractivity contribution < 1.29 is 28.2 Å². The summed E-state index contributed by atoms with van der Waals surface area (Å²) in [5.41, 5.74) is 4.03. The quantitative estimate of drug-likeness (QED) is 0.516. The molecule has 1 aliphatic heterocycles. The molecular weight excluding hydrogens is 469 g/mol. The van der Waals surface area contributed by atoms with Crippen LogP contribution in [-0.2, 0) is 9.47 Å². The van der Waals surface area contributed by atoms with Gasteiger partial charge in [0.1, 0.15) is 17.0 Å². The molecule has 1 saturated heterocycles. The minimum atomic E-state index is -0.818. The molecule has 3 rings (SSSR count). The lowest BCUT2D eigenvalue weighted by Crippen LogP contribution is -2.44. The van der Waals surface area contributed by atoms with Crippen molar-refractivity contribution in [2.75, 3.05) is 30.4 Å². The lowest BCUT2D eigenvalue weighted by molar-refractivity contribution is 0.0237. The fourth-order valence-corrected chi connectivity index (χ4v) is 3.80. The zero-order valence-corrected chi connectivity index (χ0v) is 22.2. The van der Waals surface area contributed by atoms with Gasteiger partial charge in [-0.1, -0.05) is 0 Å². The standard InChI is InChI=1S/C25H38FN5O5/c1-24(2,3)35-22(33)29-28-21(32)17-12-18(26)20(13-19(17)27-15-8-9-15)31-11-10-16(14-31)30(7)23(34)36-25(4,5)6/h12-13,15-16,27H,8-11,14H2,1-7H3,(H,28,32)(H,29,33). The molecule has 1 unspecified atom stereocenters. The average molecular weight is 508 g/mol. The first kappa shape index (κ1) is 27.3. The van der Waals surface area contributed by atoms with Gasteiger partial charge in [0.25, 0.3) is 5.91 Å². The maximum atomic E-state index is 15.3. The maximum Gasteiger partial charge on any atom is 0.426 e. The van der Waals surface area contributed by atoms with Gasteiger partial charge in [-0.25, -0.2) is 19.4 Å². The van der Waals surface area contributed by atoms with Gasteiger partial charge in [-0.05, 0) is 72.9 Å². The second kappa shape index (κ2) is 10.4. The van der Waals surface area contributed by atoms with Crippen LogP contribution in [0, 0.1) is 5.82 Å². The average Bonchev–Trinajstić information content (AvgIpc) is 3.42. The van der Waals surface area contributed by atoms with Gasteiger partial charge < -0.3 is 24.6 Å². The first-order chi connectivity index (χ1) is 16.6. The number of amides is 3. The first-order valence-electron chi connectivity index (χ1n) is 12.2. The van der Waals surface area contributed by atoms with Crippen molar-refractivity contribution >= 4 is 29.5 Å². The van der Waals surface area contributed by atoms with E-state index in [9.17, 15) is 14.4 Å². The third-order valence-electron chi connectivity index (χ3n) is 5.68. The van der Waals surface area contributed by atoms with E-state index in [-0.39, 0.29) is 17.6 Å². The molecule has 3 N–H and O–H groups in total. The second-order valence-electron chi connectivity index (χ2n) is 11.3. The summed E-state index contributed by atoms with van der Waals surface area (Å²) in [6, 6.07) is 2.85. The van der Waals surface area contributed by atoms with Crippen molar-refractivity contribution in [1.29, 1.82) is 0 Å². The first-order valence-corrected chi connectivity index (χ1v) is 12.2. The molecule has 11 heteroatoms. The molecule has 1 atom stereocenters. The number of nitrogens with zero attached hydrogens (tertiary/aromatic N) is 2. The molecule has 10 nitrogen and oxygen atoms in total. The number of halogens is 1. The Morgan fingerprint density at radius 1 is 1.00 bits per heavy atom. The zero-order chi connectivity index (χ0) is 26.8. The van der Waals surface area contributed by atoms with Crippen LogP contribution in [0.15, 0.2) is 12.1 Å². The molecular formula is C25H38FN5O5. The number of likely N-dealkylation sites (N-methyl/N-ethyl adjacent to an activating group) is 1. The molecule has 1 aromatic rings. The predicted octanol–water partition coefficient (Wildman–Crippen LogP) is 4.02. The van der Waals surface area contributed by atoms with Gasteiger partial charge in [-0.3, -0.25) is 10.2 Å².